The van der Waals surface area contributed by atoms with Crippen molar-refractivity contribution in [1.29, 1.82) is 0 Å². The van der Waals surface area contributed by atoms with Gasteiger partial charge in [-0.2, -0.15) is 0 Å². The SMILES string of the molecule is CCC[C@H](N)C(=O)NCC(C)(C)OC. The van der Waals surface area contributed by atoms with Gasteiger partial charge in [-0.3, -0.25) is 4.79 Å². The van der Waals surface area contributed by atoms with Gasteiger partial charge in [0.05, 0.1) is 11.6 Å². The maximum atomic E-state index is 11.4. The number of ether oxygens (including phenoxy) is 1. The average molecular weight is 202 g/mol. The Bertz CT molecular complexity index is 181. The third kappa shape index (κ3) is 5.19. The van der Waals surface area contributed by atoms with Gasteiger partial charge in [-0.05, 0) is 20.3 Å². The molecule has 0 saturated carbocycles. The van der Waals surface area contributed by atoms with Gasteiger partial charge in [-0.15, -0.1) is 0 Å². The van der Waals surface area contributed by atoms with Crippen LogP contribution >= 0.6 is 0 Å². The zero-order valence-corrected chi connectivity index (χ0v) is 9.59. The molecular formula is C10H22N2O2. The van der Waals surface area contributed by atoms with Crippen LogP contribution < -0.4 is 11.1 Å². The summed E-state index contributed by atoms with van der Waals surface area (Å²) in [7, 11) is 1.62. The molecule has 0 aliphatic heterocycles. The summed E-state index contributed by atoms with van der Waals surface area (Å²) in [5.74, 6) is -0.100. The Labute approximate surface area is 86.2 Å². The van der Waals surface area contributed by atoms with Crippen LogP contribution in [0.4, 0.5) is 0 Å². The van der Waals surface area contributed by atoms with E-state index in [0.29, 0.717) is 6.54 Å². The highest BCUT2D eigenvalue weighted by molar-refractivity contribution is 5.81. The third-order valence-electron chi connectivity index (χ3n) is 2.18. The smallest absolute Gasteiger partial charge is 0.237 e. The van der Waals surface area contributed by atoms with Gasteiger partial charge >= 0.3 is 0 Å². The summed E-state index contributed by atoms with van der Waals surface area (Å²) >= 11 is 0. The first-order valence-corrected chi connectivity index (χ1v) is 5.01. The fourth-order valence-corrected chi connectivity index (χ4v) is 0.945. The number of rotatable bonds is 6. The molecule has 1 atom stereocenters. The van der Waals surface area contributed by atoms with Gasteiger partial charge in [-0.25, -0.2) is 0 Å². The molecule has 0 aromatic heterocycles. The van der Waals surface area contributed by atoms with Crippen LogP contribution in [0.25, 0.3) is 0 Å². The number of amides is 1. The fourth-order valence-electron chi connectivity index (χ4n) is 0.945. The minimum atomic E-state index is -0.396. The van der Waals surface area contributed by atoms with E-state index < -0.39 is 6.04 Å². The van der Waals surface area contributed by atoms with Crippen LogP contribution in [0, 0.1) is 0 Å². The molecule has 14 heavy (non-hydrogen) atoms. The van der Waals surface area contributed by atoms with E-state index in [1.165, 1.54) is 0 Å². The molecule has 0 bridgehead atoms. The molecule has 3 N–H and O–H groups in total. The van der Waals surface area contributed by atoms with E-state index in [1.54, 1.807) is 7.11 Å². The van der Waals surface area contributed by atoms with Crippen molar-refractivity contribution in [3.05, 3.63) is 0 Å². The number of hydrogen-bond acceptors (Lipinski definition) is 3. The Hall–Kier alpha value is -0.610. The van der Waals surface area contributed by atoms with Gasteiger partial charge in [0.1, 0.15) is 0 Å². The van der Waals surface area contributed by atoms with Crippen molar-refractivity contribution in [2.45, 2.75) is 45.3 Å². The topological polar surface area (TPSA) is 64.4 Å². The summed E-state index contributed by atoms with van der Waals surface area (Å²) in [6, 6.07) is -0.396. The van der Waals surface area contributed by atoms with Crippen LogP contribution in [0.3, 0.4) is 0 Å². The fraction of sp³-hybridized carbons (Fsp3) is 0.900. The van der Waals surface area contributed by atoms with Crippen LogP contribution in [0.15, 0.2) is 0 Å². The molecule has 0 fully saturated rings. The molecule has 4 heteroatoms. The maximum absolute atomic E-state index is 11.4. The molecule has 0 saturated heterocycles. The lowest BCUT2D eigenvalue weighted by Gasteiger charge is -2.24. The first-order valence-electron chi connectivity index (χ1n) is 5.01. The van der Waals surface area contributed by atoms with E-state index in [4.69, 9.17) is 10.5 Å². The first-order chi connectivity index (χ1) is 6.43. The Balaban J connectivity index is 3.84. The van der Waals surface area contributed by atoms with E-state index in [-0.39, 0.29) is 11.5 Å². The van der Waals surface area contributed by atoms with E-state index >= 15 is 0 Å². The Morgan fingerprint density at radius 1 is 1.57 bits per heavy atom. The Morgan fingerprint density at radius 2 is 2.14 bits per heavy atom. The molecule has 0 heterocycles. The van der Waals surface area contributed by atoms with Crippen LogP contribution in [-0.2, 0) is 9.53 Å². The van der Waals surface area contributed by atoms with Gasteiger partial charge < -0.3 is 15.8 Å². The number of nitrogens with one attached hydrogen (secondary N) is 1. The predicted octanol–water partition coefficient (Wildman–Crippen LogP) is 0.655. The van der Waals surface area contributed by atoms with Crippen molar-refractivity contribution >= 4 is 5.91 Å². The second-order valence-electron chi connectivity index (χ2n) is 4.08. The van der Waals surface area contributed by atoms with Crippen molar-refractivity contribution in [2.24, 2.45) is 5.73 Å². The van der Waals surface area contributed by atoms with E-state index in [0.717, 1.165) is 12.8 Å². The van der Waals surface area contributed by atoms with Gasteiger partial charge in [0.25, 0.3) is 0 Å². The molecule has 0 aromatic carbocycles. The highest BCUT2D eigenvalue weighted by Crippen LogP contribution is 2.04. The second-order valence-corrected chi connectivity index (χ2v) is 4.08. The molecule has 0 rings (SSSR count). The quantitative estimate of drug-likeness (QED) is 0.665. The summed E-state index contributed by atoms with van der Waals surface area (Å²) < 4.78 is 5.17. The minimum Gasteiger partial charge on any atom is -0.377 e. The number of hydrogen-bond donors (Lipinski definition) is 2. The average Bonchev–Trinajstić information content (AvgIpc) is 2.15. The largest absolute Gasteiger partial charge is 0.377 e. The number of methoxy groups -OCH3 is 1. The molecule has 0 unspecified atom stereocenters. The summed E-state index contributed by atoms with van der Waals surface area (Å²) in [6.45, 7) is 6.32. The highest BCUT2D eigenvalue weighted by atomic mass is 16.5. The molecule has 84 valence electrons. The molecule has 0 aliphatic carbocycles. The van der Waals surface area contributed by atoms with Crippen LogP contribution in [0.5, 0.6) is 0 Å². The van der Waals surface area contributed by atoms with Crippen LogP contribution in [0.2, 0.25) is 0 Å². The van der Waals surface area contributed by atoms with Gasteiger partial charge in [-0.1, -0.05) is 13.3 Å². The van der Waals surface area contributed by atoms with Crippen molar-refractivity contribution < 1.29 is 9.53 Å². The predicted molar refractivity (Wildman–Crippen MR) is 57.0 cm³/mol. The van der Waals surface area contributed by atoms with Crippen LogP contribution in [0.1, 0.15) is 33.6 Å². The molecule has 1 amide bonds. The summed E-state index contributed by atoms with van der Waals surface area (Å²) in [5.41, 5.74) is 5.31. The van der Waals surface area contributed by atoms with Gasteiger partial charge in [0.2, 0.25) is 5.91 Å². The molecule has 0 spiro atoms. The first kappa shape index (κ1) is 13.4. The van der Waals surface area contributed by atoms with Gasteiger partial charge in [0.15, 0.2) is 0 Å². The normalized spacial score (nSPS) is 13.8. The zero-order chi connectivity index (χ0) is 11.2. The molecule has 0 aliphatic rings. The molecular weight excluding hydrogens is 180 g/mol. The number of nitrogens with two attached hydrogens (primary N) is 1. The molecule has 0 aromatic rings. The highest BCUT2D eigenvalue weighted by Gasteiger charge is 2.19. The van der Waals surface area contributed by atoms with Crippen molar-refractivity contribution in [1.82, 2.24) is 5.32 Å². The van der Waals surface area contributed by atoms with Gasteiger partial charge in [0, 0.05) is 13.7 Å². The Morgan fingerprint density at radius 3 is 2.57 bits per heavy atom. The van der Waals surface area contributed by atoms with Crippen molar-refractivity contribution in [3.8, 4) is 0 Å². The maximum Gasteiger partial charge on any atom is 0.237 e. The summed E-state index contributed by atoms with van der Waals surface area (Å²) in [6.07, 6.45) is 1.64. The minimum absolute atomic E-state index is 0.100. The lowest BCUT2D eigenvalue weighted by molar-refractivity contribution is -0.123. The molecule has 4 nitrogen and oxygen atoms in total. The zero-order valence-electron chi connectivity index (χ0n) is 9.59. The summed E-state index contributed by atoms with van der Waals surface area (Å²) in [4.78, 5) is 11.4. The molecule has 0 radical (unpaired) electrons. The van der Waals surface area contributed by atoms with Crippen molar-refractivity contribution in [3.63, 3.8) is 0 Å². The summed E-state index contributed by atoms with van der Waals surface area (Å²) in [5, 5.41) is 2.77. The third-order valence-corrected chi connectivity index (χ3v) is 2.18. The van der Waals surface area contributed by atoms with E-state index in [2.05, 4.69) is 5.32 Å². The number of carbonyl (C=O) groups excluding carboxylic acids is 1. The number of carbonyl (C=O) groups is 1. The monoisotopic (exact) mass is 202 g/mol. The lowest BCUT2D eigenvalue weighted by atomic mass is 10.1. The lowest BCUT2D eigenvalue weighted by Crippen LogP contribution is -2.46. The van der Waals surface area contributed by atoms with E-state index in [9.17, 15) is 4.79 Å². The Kier molecular flexibility index (Phi) is 5.72. The van der Waals surface area contributed by atoms with Crippen LogP contribution in [-0.4, -0.2) is 31.2 Å². The second kappa shape index (κ2) is 5.98. The van der Waals surface area contributed by atoms with E-state index in [1.807, 2.05) is 20.8 Å². The standard InChI is InChI=1S/C10H22N2O2/c1-5-6-8(11)9(13)12-7-10(2,3)14-4/h8H,5-7,11H2,1-4H3,(H,12,13)/t8-/m0/s1. The van der Waals surface area contributed by atoms with Crippen molar-refractivity contribution in [2.75, 3.05) is 13.7 Å².